The van der Waals surface area contributed by atoms with Gasteiger partial charge in [0.05, 0.1) is 0 Å². The molecule has 0 amide bonds. The van der Waals surface area contributed by atoms with Crippen LogP contribution in [-0.4, -0.2) is 5.54 Å². The van der Waals surface area contributed by atoms with Gasteiger partial charge in [-0.05, 0) is 25.7 Å². The molecule has 2 atom stereocenters. The second kappa shape index (κ2) is 8.10. The minimum Gasteiger partial charge on any atom is -0.271 e. The Bertz CT molecular complexity index is 193. The Labute approximate surface area is 108 Å². The summed E-state index contributed by atoms with van der Waals surface area (Å²) in [5, 5.41) is 0. The molecule has 0 aromatic rings. The zero-order valence-electron chi connectivity index (χ0n) is 11.9. The molecule has 2 heteroatoms. The molecule has 17 heavy (non-hydrogen) atoms. The van der Waals surface area contributed by atoms with Crippen LogP contribution in [0.5, 0.6) is 0 Å². The van der Waals surface area contributed by atoms with Crippen LogP contribution < -0.4 is 11.3 Å². The van der Waals surface area contributed by atoms with Crippen molar-refractivity contribution in [1.82, 2.24) is 5.43 Å². The average Bonchev–Trinajstić information content (AvgIpc) is 2.32. The van der Waals surface area contributed by atoms with Crippen molar-refractivity contribution in [3.8, 4) is 0 Å². The third-order valence-electron chi connectivity index (χ3n) is 4.32. The minimum atomic E-state index is 0.160. The molecule has 1 aliphatic carbocycles. The zero-order valence-corrected chi connectivity index (χ0v) is 11.9. The van der Waals surface area contributed by atoms with Crippen molar-refractivity contribution in [2.75, 3.05) is 0 Å². The molecule has 0 radical (unpaired) electrons. The summed E-state index contributed by atoms with van der Waals surface area (Å²) < 4.78 is 0. The molecule has 0 aliphatic heterocycles. The molecule has 1 fully saturated rings. The number of hydrazine groups is 1. The number of nitrogens with one attached hydrogen (secondary N) is 1. The van der Waals surface area contributed by atoms with Crippen LogP contribution in [0.3, 0.4) is 0 Å². The van der Waals surface area contributed by atoms with E-state index in [1.807, 2.05) is 0 Å². The molecule has 3 N–H and O–H groups in total. The Morgan fingerprint density at radius 3 is 2.06 bits per heavy atom. The molecule has 0 spiro atoms. The highest BCUT2D eigenvalue weighted by molar-refractivity contribution is 4.82. The molecule has 1 aliphatic rings. The van der Waals surface area contributed by atoms with Gasteiger partial charge in [0.15, 0.2) is 0 Å². The summed E-state index contributed by atoms with van der Waals surface area (Å²) >= 11 is 0. The molecule has 1 saturated carbocycles. The van der Waals surface area contributed by atoms with Crippen LogP contribution in [0, 0.1) is 5.92 Å². The fraction of sp³-hybridized carbons (Fsp3) is 1.00. The SMILES string of the molecule is CC1CCCCCCCCCCC(C)(NN)C1. The van der Waals surface area contributed by atoms with E-state index in [1.54, 1.807) is 0 Å². The minimum absolute atomic E-state index is 0.160. The van der Waals surface area contributed by atoms with Gasteiger partial charge in [-0.25, -0.2) is 0 Å². The lowest BCUT2D eigenvalue weighted by atomic mass is 9.84. The highest BCUT2D eigenvalue weighted by atomic mass is 15.3. The van der Waals surface area contributed by atoms with Crippen molar-refractivity contribution in [3.63, 3.8) is 0 Å². The van der Waals surface area contributed by atoms with Gasteiger partial charge in [-0.3, -0.25) is 11.3 Å². The quantitative estimate of drug-likeness (QED) is 0.534. The maximum absolute atomic E-state index is 5.76. The third kappa shape index (κ3) is 6.42. The van der Waals surface area contributed by atoms with E-state index in [0.717, 1.165) is 5.92 Å². The topological polar surface area (TPSA) is 38.0 Å². The molecular weight excluding hydrogens is 208 g/mol. The van der Waals surface area contributed by atoms with Crippen molar-refractivity contribution in [2.45, 2.75) is 90.0 Å². The van der Waals surface area contributed by atoms with Crippen molar-refractivity contribution < 1.29 is 0 Å². The number of hydrogen-bond acceptors (Lipinski definition) is 2. The van der Waals surface area contributed by atoms with Crippen LogP contribution in [0.2, 0.25) is 0 Å². The first-order chi connectivity index (χ1) is 8.16. The number of hydrogen-bond donors (Lipinski definition) is 2. The van der Waals surface area contributed by atoms with Gasteiger partial charge in [0, 0.05) is 5.54 Å². The van der Waals surface area contributed by atoms with Gasteiger partial charge in [0.2, 0.25) is 0 Å². The van der Waals surface area contributed by atoms with Crippen LogP contribution in [0.25, 0.3) is 0 Å². The summed E-state index contributed by atoms with van der Waals surface area (Å²) in [5.74, 6) is 6.56. The summed E-state index contributed by atoms with van der Waals surface area (Å²) in [4.78, 5) is 0. The molecule has 102 valence electrons. The van der Waals surface area contributed by atoms with Gasteiger partial charge in [-0.1, -0.05) is 64.7 Å². The maximum Gasteiger partial charge on any atom is 0.0295 e. The molecule has 0 aromatic heterocycles. The van der Waals surface area contributed by atoms with Crippen LogP contribution >= 0.6 is 0 Å². The predicted molar refractivity (Wildman–Crippen MR) is 75.7 cm³/mol. The van der Waals surface area contributed by atoms with E-state index in [1.165, 1.54) is 70.6 Å². The van der Waals surface area contributed by atoms with E-state index in [-0.39, 0.29) is 5.54 Å². The van der Waals surface area contributed by atoms with E-state index in [2.05, 4.69) is 19.3 Å². The van der Waals surface area contributed by atoms with Crippen LogP contribution in [-0.2, 0) is 0 Å². The monoisotopic (exact) mass is 240 g/mol. The summed E-state index contributed by atoms with van der Waals surface area (Å²) in [6.45, 7) is 4.68. The Hall–Kier alpha value is -0.0800. The van der Waals surface area contributed by atoms with E-state index < -0.39 is 0 Å². The fourth-order valence-corrected chi connectivity index (χ4v) is 3.17. The summed E-state index contributed by atoms with van der Waals surface area (Å²) in [6, 6.07) is 0. The van der Waals surface area contributed by atoms with E-state index >= 15 is 0 Å². The second-order valence-electron chi connectivity index (χ2n) is 6.38. The van der Waals surface area contributed by atoms with Gasteiger partial charge in [-0.2, -0.15) is 0 Å². The van der Waals surface area contributed by atoms with Crippen LogP contribution in [0.1, 0.15) is 84.5 Å². The van der Waals surface area contributed by atoms with Crippen molar-refractivity contribution in [1.29, 1.82) is 0 Å². The predicted octanol–water partition coefficient (Wildman–Crippen LogP) is 4.15. The first kappa shape index (κ1) is 15.0. The smallest absolute Gasteiger partial charge is 0.0295 e. The molecule has 1 rings (SSSR count). The Morgan fingerprint density at radius 2 is 1.47 bits per heavy atom. The van der Waals surface area contributed by atoms with Crippen molar-refractivity contribution in [2.24, 2.45) is 11.8 Å². The molecule has 0 saturated heterocycles. The standard InChI is InChI=1S/C15H32N2/c1-14-11-9-7-5-3-4-6-8-10-12-15(2,13-14)17-16/h14,17H,3-13,16H2,1-2H3. The Kier molecular flexibility index (Phi) is 7.14. The van der Waals surface area contributed by atoms with E-state index in [4.69, 9.17) is 5.84 Å². The fourth-order valence-electron chi connectivity index (χ4n) is 3.17. The van der Waals surface area contributed by atoms with E-state index in [0.29, 0.717) is 0 Å². The second-order valence-corrected chi connectivity index (χ2v) is 6.38. The highest BCUT2D eigenvalue weighted by Gasteiger charge is 2.24. The first-order valence-electron chi connectivity index (χ1n) is 7.64. The average molecular weight is 240 g/mol. The Morgan fingerprint density at radius 1 is 0.941 bits per heavy atom. The number of rotatable bonds is 1. The van der Waals surface area contributed by atoms with Gasteiger partial charge in [-0.15, -0.1) is 0 Å². The van der Waals surface area contributed by atoms with Crippen molar-refractivity contribution in [3.05, 3.63) is 0 Å². The lowest BCUT2D eigenvalue weighted by molar-refractivity contribution is 0.252. The molecular formula is C15H32N2. The molecule has 0 heterocycles. The molecule has 0 bridgehead atoms. The largest absolute Gasteiger partial charge is 0.271 e. The van der Waals surface area contributed by atoms with Crippen LogP contribution in [0.15, 0.2) is 0 Å². The van der Waals surface area contributed by atoms with Gasteiger partial charge in [0.25, 0.3) is 0 Å². The summed E-state index contributed by atoms with van der Waals surface area (Å²) in [6.07, 6.45) is 15.1. The first-order valence-corrected chi connectivity index (χ1v) is 7.64. The van der Waals surface area contributed by atoms with Crippen LogP contribution in [0.4, 0.5) is 0 Å². The van der Waals surface area contributed by atoms with Gasteiger partial charge in [0.1, 0.15) is 0 Å². The lowest BCUT2D eigenvalue weighted by Gasteiger charge is -2.32. The van der Waals surface area contributed by atoms with Gasteiger partial charge < -0.3 is 0 Å². The lowest BCUT2D eigenvalue weighted by Crippen LogP contribution is -2.47. The molecule has 2 unspecified atom stereocenters. The highest BCUT2D eigenvalue weighted by Crippen LogP contribution is 2.26. The maximum atomic E-state index is 5.76. The zero-order chi connectivity index (χ0) is 12.6. The third-order valence-corrected chi connectivity index (χ3v) is 4.32. The molecule has 0 aromatic carbocycles. The van der Waals surface area contributed by atoms with E-state index in [9.17, 15) is 0 Å². The molecule has 2 nitrogen and oxygen atoms in total. The summed E-state index contributed by atoms with van der Waals surface area (Å²) in [5.41, 5.74) is 3.24. The summed E-state index contributed by atoms with van der Waals surface area (Å²) in [7, 11) is 0. The number of nitrogens with two attached hydrogens (primary N) is 1. The van der Waals surface area contributed by atoms with Gasteiger partial charge >= 0.3 is 0 Å². The Balaban J connectivity index is 2.44. The normalized spacial score (nSPS) is 34.4. The van der Waals surface area contributed by atoms with Crippen molar-refractivity contribution >= 4 is 0 Å².